The smallest absolute Gasteiger partial charge is 0.255 e. The van der Waals surface area contributed by atoms with Crippen LogP contribution in [0.3, 0.4) is 0 Å². The van der Waals surface area contributed by atoms with Crippen molar-refractivity contribution >= 4 is 5.91 Å². The van der Waals surface area contributed by atoms with Crippen LogP contribution in [-0.2, 0) is 0 Å². The van der Waals surface area contributed by atoms with Crippen LogP contribution in [0.2, 0.25) is 0 Å². The van der Waals surface area contributed by atoms with Gasteiger partial charge in [0.25, 0.3) is 5.91 Å². The summed E-state index contributed by atoms with van der Waals surface area (Å²) in [6.07, 6.45) is 3.12. The molecule has 2 N–H and O–H groups in total. The number of carbonyl (C=O) groups is 1. The highest BCUT2D eigenvalue weighted by Gasteiger charge is 2.28. The van der Waals surface area contributed by atoms with Gasteiger partial charge in [-0.3, -0.25) is 4.79 Å². The maximum absolute atomic E-state index is 13.2. The van der Waals surface area contributed by atoms with Gasteiger partial charge >= 0.3 is 0 Å². The van der Waals surface area contributed by atoms with E-state index >= 15 is 0 Å². The summed E-state index contributed by atoms with van der Waals surface area (Å²) < 4.78 is 15.2. The summed E-state index contributed by atoms with van der Waals surface area (Å²) in [5, 5.41) is 0. The quantitative estimate of drug-likeness (QED) is 0.940. The fourth-order valence-electron chi connectivity index (χ4n) is 3.63. The third kappa shape index (κ3) is 2.96. The number of rotatable bonds is 3. The molecule has 5 heteroatoms. The predicted octanol–water partition coefficient (Wildman–Crippen LogP) is 3.19. The molecule has 1 atom stereocenters. The molecule has 2 heterocycles. The summed E-state index contributed by atoms with van der Waals surface area (Å²) in [4.78, 5) is 15.0. The van der Waals surface area contributed by atoms with E-state index in [0.29, 0.717) is 12.1 Å². The average molecular weight is 329 g/mol. The van der Waals surface area contributed by atoms with Crippen LogP contribution in [0.5, 0.6) is 0 Å². The van der Waals surface area contributed by atoms with E-state index in [1.54, 1.807) is 12.1 Å². The van der Waals surface area contributed by atoms with Crippen LogP contribution in [0, 0.1) is 19.7 Å². The number of aryl methyl sites for hydroxylation is 1. The van der Waals surface area contributed by atoms with Gasteiger partial charge in [-0.05, 0) is 63.4 Å². The van der Waals surface area contributed by atoms with Crippen molar-refractivity contribution in [1.29, 1.82) is 0 Å². The molecule has 0 saturated carbocycles. The highest BCUT2D eigenvalue weighted by molar-refractivity contribution is 5.96. The Kier molecular flexibility index (Phi) is 4.71. The van der Waals surface area contributed by atoms with Crippen LogP contribution < -0.4 is 5.73 Å². The van der Waals surface area contributed by atoms with Crippen LogP contribution in [0.4, 0.5) is 4.39 Å². The van der Waals surface area contributed by atoms with Crippen molar-refractivity contribution in [2.45, 2.75) is 39.2 Å². The Morgan fingerprint density at radius 1 is 1.25 bits per heavy atom. The molecule has 2 aromatic rings. The Morgan fingerprint density at radius 2 is 1.96 bits per heavy atom. The number of hydrogen-bond acceptors (Lipinski definition) is 2. The molecule has 1 amide bonds. The highest BCUT2D eigenvalue weighted by Crippen LogP contribution is 2.25. The molecule has 0 aliphatic carbocycles. The van der Waals surface area contributed by atoms with Gasteiger partial charge in [-0.1, -0.05) is 0 Å². The van der Waals surface area contributed by atoms with Crippen LogP contribution in [-0.4, -0.2) is 34.5 Å². The zero-order valence-electron chi connectivity index (χ0n) is 14.3. The third-order valence-corrected chi connectivity index (χ3v) is 4.91. The van der Waals surface area contributed by atoms with Gasteiger partial charge in [-0.2, -0.15) is 0 Å². The number of amides is 1. The second kappa shape index (κ2) is 6.77. The number of hydrogen-bond donors (Lipinski definition) is 1. The number of piperidine rings is 1. The number of aromatic nitrogens is 1. The van der Waals surface area contributed by atoms with Gasteiger partial charge in [0.1, 0.15) is 5.82 Å². The number of carbonyl (C=O) groups excluding carboxylic acids is 1. The van der Waals surface area contributed by atoms with E-state index in [0.717, 1.165) is 42.9 Å². The molecule has 0 radical (unpaired) electrons. The second-order valence-corrected chi connectivity index (χ2v) is 6.48. The minimum Gasteiger partial charge on any atom is -0.334 e. The van der Waals surface area contributed by atoms with E-state index in [4.69, 9.17) is 5.73 Å². The molecule has 128 valence electrons. The van der Waals surface area contributed by atoms with Crippen LogP contribution >= 0.6 is 0 Å². The first-order valence-electron chi connectivity index (χ1n) is 8.49. The summed E-state index contributed by atoms with van der Waals surface area (Å²) >= 11 is 0. The van der Waals surface area contributed by atoms with Gasteiger partial charge in [0, 0.05) is 36.2 Å². The number of likely N-dealkylation sites (tertiary alicyclic amines) is 1. The van der Waals surface area contributed by atoms with Crippen molar-refractivity contribution in [2.24, 2.45) is 5.73 Å². The van der Waals surface area contributed by atoms with Gasteiger partial charge < -0.3 is 15.2 Å². The number of benzene rings is 1. The Hall–Kier alpha value is -2.14. The van der Waals surface area contributed by atoms with E-state index in [9.17, 15) is 9.18 Å². The molecule has 1 aliphatic heterocycles. The maximum Gasteiger partial charge on any atom is 0.255 e. The molecule has 4 nitrogen and oxygen atoms in total. The normalized spacial score (nSPS) is 18.0. The molecule has 1 aliphatic rings. The molecular weight excluding hydrogens is 305 g/mol. The van der Waals surface area contributed by atoms with Gasteiger partial charge in [0.05, 0.1) is 5.56 Å². The lowest BCUT2D eigenvalue weighted by molar-refractivity contribution is 0.0622. The van der Waals surface area contributed by atoms with Gasteiger partial charge in [0.2, 0.25) is 0 Å². The Labute approximate surface area is 142 Å². The number of nitrogens with zero attached hydrogens (tertiary/aromatic N) is 2. The lowest BCUT2D eigenvalue weighted by Crippen LogP contribution is -2.47. The standard InChI is InChI=1S/C19H24FN3O/c1-13-11-18(19(24)22-10-4-3-5-17(22)12-21)14(2)23(13)16-8-6-15(20)7-9-16/h6-9,11,17H,3-5,10,12,21H2,1-2H3. The first-order valence-corrected chi connectivity index (χ1v) is 8.49. The van der Waals surface area contributed by atoms with E-state index in [1.165, 1.54) is 12.1 Å². The van der Waals surface area contributed by atoms with Crippen molar-refractivity contribution in [2.75, 3.05) is 13.1 Å². The van der Waals surface area contributed by atoms with Crippen molar-refractivity contribution in [3.8, 4) is 5.69 Å². The fraction of sp³-hybridized carbons (Fsp3) is 0.421. The summed E-state index contributed by atoms with van der Waals surface area (Å²) in [6, 6.07) is 8.37. The largest absolute Gasteiger partial charge is 0.334 e. The van der Waals surface area contributed by atoms with E-state index < -0.39 is 0 Å². The summed E-state index contributed by atoms with van der Waals surface area (Å²) in [7, 11) is 0. The second-order valence-electron chi connectivity index (χ2n) is 6.48. The average Bonchev–Trinajstić information content (AvgIpc) is 2.89. The topological polar surface area (TPSA) is 51.3 Å². The molecule has 24 heavy (non-hydrogen) atoms. The van der Waals surface area contributed by atoms with Crippen LogP contribution in [0.15, 0.2) is 30.3 Å². The SMILES string of the molecule is Cc1cc(C(=O)N2CCCCC2CN)c(C)n1-c1ccc(F)cc1. The zero-order valence-corrected chi connectivity index (χ0v) is 14.3. The van der Waals surface area contributed by atoms with Crippen LogP contribution in [0.25, 0.3) is 5.69 Å². The van der Waals surface area contributed by atoms with Crippen LogP contribution in [0.1, 0.15) is 41.0 Å². The lowest BCUT2D eigenvalue weighted by Gasteiger charge is -2.35. The number of halogens is 1. The van der Waals surface area contributed by atoms with E-state index in [-0.39, 0.29) is 17.8 Å². The maximum atomic E-state index is 13.2. The van der Waals surface area contributed by atoms with Gasteiger partial charge in [0.15, 0.2) is 0 Å². The van der Waals surface area contributed by atoms with Crippen molar-refractivity contribution in [3.05, 3.63) is 53.1 Å². The Bertz CT molecular complexity index is 736. The predicted molar refractivity (Wildman–Crippen MR) is 92.9 cm³/mol. The minimum absolute atomic E-state index is 0.0478. The van der Waals surface area contributed by atoms with Crippen molar-refractivity contribution < 1.29 is 9.18 Å². The zero-order chi connectivity index (χ0) is 17.3. The fourth-order valence-corrected chi connectivity index (χ4v) is 3.63. The lowest BCUT2D eigenvalue weighted by atomic mass is 10.0. The summed E-state index contributed by atoms with van der Waals surface area (Å²) in [6.45, 7) is 5.16. The third-order valence-electron chi connectivity index (χ3n) is 4.91. The summed E-state index contributed by atoms with van der Waals surface area (Å²) in [5.74, 6) is -0.219. The Balaban J connectivity index is 1.96. The van der Waals surface area contributed by atoms with Crippen molar-refractivity contribution in [3.63, 3.8) is 0 Å². The monoisotopic (exact) mass is 329 g/mol. The molecule has 0 bridgehead atoms. The number of nitrogens with two attached hydrogens (primary N) is 1. The molecule has 1 saturated heterocycles. The van der Waals surface area contributed by atoms with Crippen molar-refractivity contribution in [1.82, 2.24) is 9.47 Å². The van der Waals surface area contributed by atoms with E-state index in [2.05, 4.69) is 0 Å². The molecular formula is C19H24FN3O. The minimum atomic E-state index is -0.267. The molecule has 1 aromatic carbocycles. The molecule has 1 aromatic heterocycles. The molecule has 1 fully saturated rings. The Morgan fingerprint density at radius 3 is 2.62 bits per heavy atom. The van der Waals surface area contributed by atoms with E-state index in [1.807, 2.05) is 29.4 Å². The first-order chi connectivity index (χ1) is 11.5. The molecule has 3 rings (SSSR count). The first kappa shape index (κ1) is 16.7. The molecule has 1 unspecified atom stereocenters. The van der Waals surface area contributed by atoms with Gasteiger partial charge in [-0.25, -0.2) is 4.39 Å². The summed E-state index contributed by atoms with van der Waals surface area (Å²) in [5.41, 5.74) is 9.26. The molecule has 0 spiro atoms. The van der Waals surface area contributed by atoms with Gasteiger partial charge in [-0.15, -0.1) is 0 Å². The highest BCUT2D eigenvalue weighted by atomic mass is 19.1.